The minimum absolute atomic E-state index is 0.161. The fraction of sp³-hybridized carbons (Fsp3) is 0.583. The average Bonchev–Trinajstić information content (AvgIpc) is 2.91. The lowest BCUT2D eigenvalue weighted by molar-refractivity contribution is -0.138. The van der Waals surface area contributed by atoms with Crippen molar-refractivity contribution in [3.63, 3.8) is 0 Å². The quantitative estimate of drug-likeness (QED) is 0.828. The Balaban J connectivity index is 1.94. The van der Waals surface area contributed by atoms with Crippen LogP contribution in [0, 0.1) is 12.8 Å². The molecular formula is C12H17NO2S. The summed E-state index contributed by atoms with van der Waals surface area (Å²) >= 11 is 1.72. The highest BCUT2D eigenvalue weighted by Crippen LogP contribution is 2.30. The molecule has 4 heteroatoms. The van der Waals surface area contributed by atoms with E-state index in [1.54, 1.807) is 11.3 Å². The minimum atomic E-state index is -0.727. The molecule has 0 spiro atoms. The van der Waals surface area contributed by atoms with Crippen LogP contribution in [0.2, 0.25) is 0 Å². The smallest absolute Gasteiger partial charge is 0.317 e. The summed E-state index contributed by atoms with van der Waals surface area (Å²) in [7, 11) is 0. The van der Waals surface area contributed by atoms with Crippen molar-refractivity contribution in [1.29, 1.82) is 0 Å². The molecule has 0 aliphatic heterocycles. The van der Waals surface area contributed by atoms with Crippen molar-refractivity contribution in [3.05, 3.63) is 21.9 Å². The molecular weight excluding hydrogens is 222 g/mol. The Kier molecular flexibility index (Phi) is 3.61. The van der Waals surface area contributed by atoms with Gasteiger partial charge in [-0.25, -0.2) is 0 Å². The third-order valence-corrected chi connectivity index (χ3v) is 3.92. The largest absolute Gasteiger partial charge is 0.480 e. The van der Waals surface area contributed by atoms with Crippen molar-refractivity contribution >= 4 is 17.3 Å². The number of carbonyl (C=O) groups is 1. The van der Waals surface area contributed by atoms with Crippen LogP contribution in [0.3, 0.4) is 0 Å². The maximum atomic E-state index is 10.8. The second-order valence-electron chi connectivity index (χ2n) is 4.53. The molecule has 88 valence electrons. The molecule has 1 aliphatic carbocycles. The first-order chi connectivity index (χ1) is 7.65. The number of hydrogen-bond acceptors (Lipinski definition) is 3. The first kappa shape index (κ1) is 11.6. The van der Waals surface area contributed by atoms with Gasteiger partial charge in [-0.1, -0.05) is 0 Å². The van der Waals surface area contributed by atoms with Gasteiger partial charge in [-0.05, 0) is 42.7 Å². The lowest BCUT2D eigenvalue weighted by Crippen LogP contribution is -2.31. The van der Waals surface area contributed by atoms with E-state index in [2.05, 4.69) is 23.3 Å². The fourth-order valence-corrected chi connectivity index (χ4v) is 2.76. The Bertz CT molecular complexity index is 371. The summed E-state index contributed by atoms with van der Waals surface area (Å²) in [6, 6.07) is 2.09. The highest BCUT2D eigenvalue weighted by molar-refractivity contribution is 7.10. The van der Waals surface area contributed by atoms with Gasteiger partial charge in [-0.3, -0.25) is 9.69 Å². The van der Waals surface area contributed by atoms with E-state index in [0.717, 1.165) is 19.0 Å². The zero-order valence-electron chi connectivity index (χ0n) is 9.48. The number of rotatable bonds is 6. The minimum Gasteiger partial charge on any atom is -0.480 e. The molecule has 2 rings (SSSR count). The highest BCUT2D eigenvalue weighted by atomic mass is 32.1. The van der Waals surface area contributed by atoms with Crippen molar-refractivity contribution in [2.45, 2.75) is 26.3 Å². The number of hydrogen-bond donors (Lipinski definition) is 1. The summed E-state index contributed by atoms with van der Waals surface area (Å²) in [5.74, 6) is 0.00878. The first-order valence-corrected chi connectivity index (χ1v) is 6.50. The van der Waals surface area contributed by atoms with Crippen LogP contribution in [-0.4, -0.2) is 29.1 Å². The lowest BCUT2D eigenvalue weighted by atomic mass is 10.2. The molecule has 1 saturated carbocycles. The molecule has 0 saturated heterocycles. The number of aliphatic carboxylic acids is 1. The van der Waals surface area contributed by atoms with E-state index in [1.807, 2.05) is 0 Å². The van der Waals surface area contributed by atoms with Crippen LogP contribution in [0.5, 0.6) is 0 Å². The number of thiophene rings is 1. The zero-order valence-corrected chi connectivity index (χ0v) is 10.3. The SMILES string of the molecule is Cc1ccsc1CN(CC(=O)O)CC1CC1. The molecule has 0 unspecified atom stereocenters. The normalized spacial score (nSPS) is 15.6. The molecule has 1 fully saturated rings. The third-order valence-electron chi connectivity index (χ3n) is 2.91. The summed E-state index contributed by atoms with van der Waals surface area (Å²) < 4.78 is 0. The second kappa shape index (κ2) is 4.97. The molecule has 0 atom stereocenters. The van der Waals surface area contributed by atoms with Crippen molar-refractivity contribution < 1.29 is 9.90 Å². The third kappa shape index (κ3) is 3.32. The summed E-state index contributed by atoms with van der Waals surface area (Å²) in [5.41, 5.74) is 1.27. The van der Waals surface area contributed by atoms with Gasteiger partial charge in [0, 0.05) is 18.0 Å². The van der Waals surface area contributed by atoms with Crippen molar-refractivity contribution in [2.24, 2.45) is 5.92 Å². The predicted octanol–water partition coefficient (Wildman–Crippen LogP) is 2.35. The monoisotopic (exact) mass is 239 g/mol. The second-order valence-corrected chi connectivity index (χ2v) is 5.53. The van der Waals surface area contributed by atoms with Crippen LogP contribution in [0.15, 0.2) is 11.4 Å². The van der Waals surface area contributed by atoms with Crippen LogP contribution < -0.4 is 0 Å². The zero-order chi connectivity index (χ0) is 11.5. The van der Waals surface area contributed by atoms with Gasteiger partial charge in [0.15, 0.2) is 0 Å². The molecule has 0 bridgehead atoms. The Labute approximate surface area is 99.7 Å². The van der Waals surface area contributed by atoms with Gasteiger partial charge in [-0.15, -0.1) is 11.3 Å². The standard InChI is InChI=1S/C12H17NO2S/c1-9-4-5-16-11(9)7-13(8-12(14)15)6-10-2-3-10/h4-5,10H,2-3,6-8H2,1H3,(H,14,15). The maximum Gasteiger partial charge on any atom is 0.317 e. The molecule has 1 N–H and O–H groups in total. The van der Waals surface area contributed by atoms with Gasteiger partial charge in [-0.2, -0.15) is 0 Å². The first-order valence-electron chi connectivity index (χ1n) is 5.62. The van der Waals surface area contributed by atoms with Gasteiger partial charge in [0.25, 0.3) is 0 Å². The topological polar surface area (TPSA) is 40.5 Å². The summed E-state index contributed by atoms with van der Waals surface area (Å²) in [5, 5.41) is 10.9. The maximum absolute atomic E-state index is 10.8. The van der Waals surface area contributed by atoms with E-state index in [0.29, 0.717) is 0 Å². The van der Waals surface area contributed by atoms with Crippen LogP contribution in [0.4, 0.5) is 0 Å². The number of carboxylic acid groups (broad SMARTS) is 1. The van der Waals surface area contributed by atoms with Crippen molar-refractivity contribution in [3.8, 4) is 0 Å². The van der Waals surface area contributed by atoms with E-state index < -0.39 is 5.97 Å². The van der Waals surface area contributed by atoms with E-state index in [4.69, 9.17) is 5.11 Å². The van der Waals surface area contributed by atoms with Gasteiger partial charge >= 0.3 is 5.97 Å². The summed E-state index contributed by atoms with van der Waals surface area (Å²) in [6.07, 6.45) is 2.53. The highest BCUT2D eigenvalue weighted by Gasteiger charge is 2.25. The van der Waals surface area contributed by atoms with Crippen LogP contribution in [0.25, 0.3) is 0 Å². The Hall–Kier alpha value is -0.870. The van der Waals surface area contributed by atoms with E-state index in [1.165, 1.54) is 23.3 Å². The summed E-state index contributed by atoms with van der Waals surface area (Å²) in [4.78, 5) is 14.1. The Morgan fingerprint density at radius 3 is 2.88 bits per heavy atom. The van der Waals surface area contributed by atoms with Gasteiger partial charge in [0.1, 0.15) is 0 Å². The predicted molar refractivity (Wildman–Crippen MR) is 64.7 cm³/mol. The fourth-order valence-electron chi connectivity index (χ4n) is 1.81. The summed E-state index contributed by atoms with van der Waals surface area (Å²) in [6.45, 7) is 3.96. The molecule has 1 heterocycles. The van der Waals surface area contributed by atoms with Crippen LogP contribution in [-0.2, 0) is 11.3 Å². The lowest BCUT2D eigenvalue weighted by Gasteiger charge is -2.19. The Morgan fingerprint density at radius 2 is 2.38 bits per heavy atom. The number of nitrogens with zero attached hydrogens (tertiary/aromatic N) is 1. The van der Waals surface area contributed by atoms with Gasteiger partial charge < -0.3 is 5.11 Å². The average molecular weight is 239 g/mol. The molecule has 0 amide bonds. The molecule has 1 aliphatic rings. The molecule has 0 radical (unpaired) electrons. The number of aryl methyl sites for hydroxylation is 1. The van der Waals surface area contributed by atoms with E-state index in [-0.39, 0.29) is 6.54 Å². The van der Waals surface area contributed by atoms with E-state index >= 15 is 0 Å². The van der Waals surface area contributed by atoms with Crippen LogP contribution >= 0.6 is 11.3 Å². The molecule has 16 heavy (non-hydrogen) atoms. The van der Waals surface area contributed by atoms with Gasteiger partial charge in [0.05, 0.1) is 6.54 Å². The van der Waals surface area contributed by atoms with E-state index in [9.17, 15) is 4.79 Å². The number of carboxylic acids is 1. The molecule has 1 aromatic heterocycles. The van der Waals surface area contributed by atoms with Crippen molar-refractivity contribution in [1.82, 2.24) is 4.90 Å². The molecule has 1 aromatic rings. The van der Waals surface area contributed by atoms with Gasteiger partial charge in [0.2, 0.25) is 0 Å². The van der Waals surface area contributed by atoms with Crippen molar-refractivity contribution in [2.75, 3.05) is 13.1 Å². The molecule has 0 aromatic carbocycles. The van der Waals surface area contributed by atoms with Crippen LogP contribution in [0.1, 0.15) is 23.3 Å². The molecule has 3 nitrogen and oxygen atoms in total. The Morgan fingerprint density at radius 1 is 1.62 bits per heavy atom.